The lowest BCUT2D eigenvalue weighted by atomic mass is 9.98. The summed E-state index contributed by atoms with van der Waals surface area (Å²) in [5.41, 5.74) is 0. The average Bonchev–Trinajstić information content (AvgIpc) is 1.94. The third-order valence-corrected chi connectivity index (χ3v) is 2.09. The molecule has 1 aliphatic rings. The quantitative estimate of drug-likeness (QED) is 0.623. The molecule has 0 aromatic heterocycles. The molecule has 0 aliphatic carbocycles. The predicted molar refractivity (Wildman–Crippen MR) is 42.1 cm³/mol. The molecule has 2 nitrogen and oxygen atoms in total. The summed E-state index contributed by atoms with van der Waals surface area (Å²) in [6, 6.07) is 0. The molecule has 0 unspecified atom stereocenters. The summed E-state index contributed by atoms with van der Waals surface area (Å²) in [4.78, 5) is 0. The van der Waals surface area contributed by atoms with Crippen molar-refractivity contribution >= 4 is 0 Å². The van der Waals surface area contributed by atoms with E-state index in [2.05, 4.69) is 19.2 Å². The summed E-state index contributed by atoms with van der Waals surface area (Å²) in [7, 11) is 0. The Labute approximate surface area is 63.0 Å². The van der Waals surface area contributed by atoms with Crippen LogP contribution in [0.2, 0.25) is 0 Å². The van der Waals surface area contributed by atoms with Crippen molar-refractivity contribution in [1.82, 2.24) is 5.32 Å². The van der Waals surface area contributed by atoms with Crippen LogP contribution in [0, 0.1) is 5.92 Å². The molecule has 0 spiro atoms. The molecule has 1 rings (SSSR count). The van der Waals surface area contributed by atoms with E-state index in [9.17, 15) is 0 Å². The van der Waals surface area contributed by atoms with E-state index in [-0.39, 0.29) is 0 Å². The number of hydrogen-bond acceptors (Lipinski definition) is 2. The third kappa shape index (κ3) is 1.96. The van der Waals surface area contributed by atoms with Gasteiger partial charge in [-0.25, -0.2) is 0 Å². The van der Waals surface area contributed by atoms with E-state index < -0.39 is 0 Å². The van der Waals surface area contributed by atoms with E-state index in [0.717, 1.165) is 19.7 Å². The zero-order valence-corrected chi connectivity index (χ0v) is 6.89. The van der Waals surface area contributed by atoms with Crippen molar-refractivity contribution in [3.63, 3.8) is 0 Å². The van der Waals surface area contributed by atoms with E-state index in [4.69, 9.17) is 4.74 Å². The van der Waals surface area contributed by atoms with Gasteiger partial charge in [0.2, 0.25) is 0 Å². The molecule has 10 heavy (non-hydrogen) atoms. The second-order valence-corrected chi connectivity index (χ2v) is 2.96. The molecule has 0 amide bonds. The van der Waals surface area contributed by atoms with Crippen molar-refractivity contribution in [2.45, 2.75) is 26.4 Å². The molecule has 0 aromatic rings. The maximum atomic E-state index is 5.56. The average molecular weight is 143 g/mol. The largest absolute Gasteiger partial charge is 0.378 e. The predicted octanol–water partition coefficient (Wildman–Crippen LogP) is 1.02. The van der Waals surface area contributed by atoms with Crippen molar-refractivity contribution in [2.75, 3.05) is 19.7 Å². The fraction of sp³-hybridized carbons (Fsp3) is 1.00. The number of ether oxygens (including phenoxy) is 1. The number of hydrogen-bond donors (Lipinski definition) is 1. The zero-order valence-electron chi connectivity index (χ0n) is 6.89. The second kappa shape index (κ2) is 3.94. The lowest BCUT2D eigenvalue weighted by molar-refractivity contribution is 0.00817. The fourth-order valence-corrected chi connectivity index (χ4v) is 1.45. The highest BCUT2D eigenvalue weighted by molar-refractivity contribution is 4.74. The molecule has 1 heterocycles. The first-order chi connectivity index (χ1) is 4.84. The van der Waals surface area contributed by atoms with Crippen LogP contribution in [0.3, 0.4) is 0 Å². The summed E-state index contributed by atoms with van der Waals surface area (Å²) in [5, 5.41) is 3.34. The van der Waals surface area contributed by atoms with Gasteiger partial charge < -0.3 is 10.1 Å². The minimum atomic E-state index is 0.506. The minimum Gasteiger partial charge on any atom is -0.378 e. The summed E-state index contributed by atoms with van der Waals surface area (Å²) in [5.74, 6) is 0.689. The Morgan fingerprint density at radius 3 is 3.00 bits per heavy atom. The zero-order chi connectivity index (χ0) is 7.40. The maximum absolute atomic E-state index is 5.56. The van der Waals surface area contributed by atoms with Gasteiger partial charge in [0.05, 0.1) is 6.10 Å². The molecule has 1 fully saturated rings. The highest BCUT2D eigenvalue weighted by Crippen LogP contribution is 2.13. The topological polar surface area (TPSA) is 21.3 Å². The van der Waals surface area contributed by atoms with Crippen LogP contribution in [-0.4, -0.2) is 25.8 Å². The van der Waals surface area contributed by atoms with E-state index in [0.29, 0.717) is 12.0 Å². The normalized spacial score (nSPS) is 34.2. The van der Waals surface area contributed by atoms with Crippen LogP contribution in [-0.2, 0) is 4.74 Å². The lowest BCUT2D eigenvalue weighted by Crippen LogP contribution is -2.39. The molecule has 0 saturated carbocycles. The van der Waals surface area contributed by atoms with E-state index >= 15 is 0 Å². The summed E-state index contributed by atoms with van der Waals surface area (Å²) >= 11 is 0. The molecule has 2 heteroatoms. The molecule has 1 aliphatic heterocycles. The van der Waals surface area contributed by atoms with Gasteiger partial charge in [0.1, 0.15) is 0 Å². The van der Waals surface area contributed by atoms with Crippen molar-refractivity contribution in [2.24, 2.45) is 5.92 Å². The Kier molecular flexibility index (Phi) is 3.16. The molecule has 60 valence electrons. The highest BCUT2D eigenvalue weighted by atomic mass is 16.5. The molecule has 0 radical (unpaired) electrons. The Balaban J connectivity index is 2.25. The summed E-state index contributed by atoms with van der Waals surface area (Å²) in [6.45, 7) is 7.40. The fourth-order valence-electron chi connectivity index (χ4n) is 1.45. The van der Waals surface area contributed by atoms with Crippen molar-refractivity contribution in [3.8, 4) is 0 Å². The Morgan fingerprint density at radius 1 is 1.60 bits per heavy atom. The molecule has 0 aromatic carbocycles. The minimum absolute atomic E-state index is 0.506. The maximum Gasteiger partial charge on any atom is 0.0624 e. The Hall–Kier alpha value is -0.0800. The molecular weight excluding hydrogens is 126 g/mol. The van der Waals surface area contributed by atoms with Crippen molar-refractivity contribution < 1.29 is 4.74 Å². The SMILES string of the molecule is CCO[C@H]1CCNC[C@@H]1C. The Bertz CT molecular complexity index is 93.3. The number of rotatable bonds is 2. The van der Waals surface area contributed by atoms with Crippen LogP contribution in [0.25, 0.3) is 0 Å². The van der Waals surface area contributed by atoms with Gasteiger partial charge in [-0.3, -0.25) is 0 Å². The van der Waals surface area contributed by atoms with Crippen LogP contribution in [0.4, 0.5) is 0 Å². The van der Waals surface area contributed by atoms with E-state index in [1.165, 1.54) is 6.42 Å². The van der Waals surface area contributed by atoms with Gasteiger partial charge in [-0.2, -0.15) is 0 Å². The molecular formula is C8H17NO. The van der Waals surface area contributed by atoms with Crippen molar-refractivity contribution in [3.05, 3.63) is 0 Å². The van der Waals surface area contributed by atoms with E-state index in [1.54, 1.807) is 0 Å². The molecule has 2 atom stereocenters. The summed E-state index contributed by atoms with van der Waals surface area (Å²) < 4.78 is 5.56. The van der Waals surface area contributed by atoms with Gasteiger partial charge in [0.15, 0.2) is 0 Å². The monoisotopic (exact) mass is 143 g/mol. The molecule has 0 bridgehead atoms. The van der Waals surface area contributed by atoms with Crippen LogP contribution < -0.4 is 5.32 Å². The van der Waals surface area contributed by atoms with Crippen LogP contribution in [0.5, 0.6) is 0 Å². The van der Waals surface area contributed by atoms with E-state index in [1.807, 2.05) is 0 Å². The first kappa shape index (κ1) is 8.02. The summed E-state index contributed by atoms with van der Waals surface area (Å²) in [6.07, 6.45) is 1.68. The second-order valence-electron chi connectivity index (χ2n) is 2.96. The highest BCUT2D eigenvalue weighted by Gasteiger charge is 2.20. The van der Waals surface area contributed by atoms with Crippen LogP contribution >= 0.6 is 0 Å². The molecule has 1 N–H and O–H groups in total. The Morgan fingerprint density at radius 2 is 2.40 bits per heavy atom. The van der Waals surface area contributed by atoms with Gasteiger partial charge in [0, 0.05) is 13.2 Å². The molecule has 1 saturated heterocycles. The number of piperidine rings is 1. The van der Waals surface area contributed by atoms with Crippen molar-refractivity contribution in [1.29, 1.82) is 0 Å². The van der Waals surface area contributed by atoms with Gasteiger partial charge in [-0.05, 0) is 25.8 Å². The number of nitrogens with one attached hydrogen (secondary N) is 1. The van der Waals surface area contributed by atoms with Crippen LogP contribution in [0.15, 0.2) is 0 Å². The van der Waals surface area contributed by atoms with Gasteiger partial charge in [-0.15, -0.1) is 0 Å². The smallest absolute Gasteiger partial charge is 0.0624 e. The lowest BCUT2D eigenvalue weighted by Gasteiger charge is -2.28. The van der Waals surface area contributed by atoms with Gasteiger partial charge in [0.25, 0.3) is 0 Å². The van der Waals surface area contributed by atoms with Crippen LogP contribution in [0.1, 0.15) is 20.3 Å². The van der Waals surface area contributed by atoms with Gasteiger partial charge in [-0.1, -0.05) is 6.92 Å². The standard InChI is InChI=1S/C8H17NO/c1-3-10-8-4-5-9-6-7(8)2/h7-9H,3-6H2,1-2H3/t7-,8-/m0/s1. The first-order valence-electron chi connectivity index (χ1n) is 4.17. The van der Waals surface area contributed by atoms with Gasteiger partial charge >= 0.3 is 0 Å². The third-order valence-electron chi connectivity index (χ3n) is 2.09. The first-order valence-corrected chi connectivity index (χ1v) is 4.17.